The Morgan fingerprint density at radius 3 is 2.72 bits per heavy atom. The van der Waals surface area contributed by atoms with Crippen LogP contribution in [0.15, 0.2) is 42.7 Å². The quantitative estimate of drug-likeness (QED) is 0.402. The van der Waals surface area contributed by atoms with Gasteiger partial charge in [0.15, 0.2) is 22.9 Å². The number of aromatic carboxylic acids is 1. The second-order valence-electron chi connectivity index (χ2n) is 6.15. The van der Waals surface area contributed by atoms with Crippen molar-refractivity contribution >= 4 is 28.6 Å². The van der Waals surface area contributed by atoms with Gasteiger partial charge in [-0.25, -0.2) is 19.7 Å². The molecule has 4 aromatic rings. The van der Waals surface area contributed by atoms with E-state index in [1.165, 1.54) is 6.20 Å². The zero-order valence-electron chi connectivity index (χ0n) is 14.9. The highest BCUT2D eigenvalue weighted by molar-refractivity contribution is 5.91. The number of nitrogen functional groups attached to an aromatic ring is 1. The molecule has 1 aromatic carbocycles. The van der Waals surface area contributed by atoms with Crippen molar-refractivity contribution in [2.24, 2.45) is 0 Å². The number of anilines is 2. The van der Waals surface area contributed by atoms with E-state index in [-0.39, 0.29) is 17.2 Å². The molecule has 5 N–H and O–H groups in total. The SMILES string of the molecule is N#Cc1cnc(NCc2ccc(-c3cnc4n[nH]c(N)c4c3)cc2)c(C(=O)O)n1. The highest BCUT2D eigenvalue weighted by Crippen LogP contribution is 2.25. The van der Waals surface area contributed by atoms with Crippen LogP contribution in [0.1, 0.15) is 21.7 Å². The Balaban J connectivity index is 1.52. The molecule has 3 heterocycles. The summed E-state index contributed by atoms with van der Waals surface area (Å²) < 4.78 is 0. The normalized spacial score (nSPS) is 10.6. The van der Waals surface area contributed by atoms with Crippen LogP contribution < -0.4 is 11.1 Å². The number of aromatic amines is 1. The minimum absolute atomic E-state index is 0.0545. The zero-order valence-corrected chi connectivity index (χ0v) is 14.9. The first-order chi connectivity index (χ1) is 14.0. The Morgan fingerprint density at radius 1 is 1.21 bits per heavy atom. The fourth-order valence-corrected chi connectivity index (χ4v) is 2.80. The van der Waals surface area contributed by atoms with Crippen LogP contribution in [0.2, 0.25) is 0 Å². The van der Waals surface area contributed by atoms with Crippen molar-refractivity contribution in [1.29, 1.82) is 5.26 Å². The van der Waals surface area contributed by atoms with Gasteiger partial charge in [0.1, 0.15) is 11.9 Å². The van der Waals surface area contributed by atoms with Crippen molar-refractivity contribution in [3.05, 3.63) is 59.7 Å². The molecule has 142 valence electrons. The van der Waals surface area contributed by atoms with Crippen molar-refractivity contribution < 1.29 is 9.90 Å². The molecular formula is C19H14N8O2. The number of nitrogens with zero attached hydrogens (tertiary/aromatic N) is 5. The molecule has 0 saturated heterocycles. The summed E-state index contributed by atoms with van der Waals surface area (Å²) in [4.78, 5) is 23.4. The maximum Gasteiger partial charge on any atom is 0.358 e. The lowest BCUT2D eigenvalue weighted by Gasteiger charge is -2.09. The maximum atomic E-state index is 11.3. The Morgan fingerprint density at radius 2 is 2.00 bits per heavy atom. The predicted molar refractivity (Wildman–Crippen MR) is 105 cm³/mol. The molecule has 3 aromatic heterocycles. The molecule has 0 fully saturated rings. The van der Waals surface area contributed by atoms with E-state index < -0.39 is 5.97 Å². The lowest BCUT2D eigenvalue weighted by atomic mass is 10.0. The monoisotopic (exact) mass is 386 g/mol. The van der Waals surface area contributed by atoms with Crippen LogP contribution in [0, 0.1) is 11.3 Å². The molecule has 0 aliphatic rings. The lowest BCUT2D eigenvalue weighted by Crippen LogP contribution is -2.11. The average Bonchev–Trinajstić information content (AvgIpc) is 3.12. The fraction of sp³-hybridized carbons (Fsp3) is 0.0526. The second-order valence-corrected chi connectivity index (χ2v) is 6.15. The molecular weight excluding hydrogens is 372 g/mol. The molecule has 0 saturated carbocycles. The zero-order chi connectivity index (χ0) is 20.4. The van der Waals surface area contributed by atoms with Crippen LogP contribution in [0.5, 0.6) is 0 Å². The van der Waals surface area contributed by atoms with Gasteiger partial charge in [0.2, 0.25) is 0 Å². The molecule has 10 nitrogen and oxygen atoms in total. The smallest absolute Gasteiger partial charge is 0.358 e. The first-order valence-electron chi connectivity index (χ1n) is 8.48. The van der Waals surface area contributed by atoms with Gasteiger partial charge in [-0.05, 0) is 17.2 Å². The van der Waals surface area contributed by atoms with E-state index in [9.17, 15) is 9.90 Å². The van der Waals surface area contributed by atoms with Crippen LogP contribution in [0.25, 0.3) is 22.2 Å². The summed E-state index contributed by atoms with van der Waals surface area (Å²) in [5.41, 5.74) is 8.83. The van der Waals surface area contributed by atoms with Gasteiger partial charge in [0.05, 0.1) is 11.6 Å². The molecule has 0 radical (unpaired) electrons. The molecule has 0 atom stereocenters. The van der Waals surface area contributed by atoms with E-state index in [4.69, 9.17) is 11.0 Å². The topological polar surface area (TPSA) is 166 Å². The average molecular weight is 386 g/mol. The maximum absolute atomic E-state index is 11.3. The van der Waals surface area contributed by atoms with Crippen molar-refractivity contribution in [2.75, 3.05) is 11.1 Å². The molecule has 4 rings (SSSR count). The fourth-order valence-electron chi connectivity index (χ4n) is 2.80. The third-order valence-corrected chi connectivity index (χ3v) is 4.28. The van der Waals surface area contributed by atoms with Crippen LogP contribution >= 0.6 is 0 Å². The molecule has 0 unspecified atom stereocenters. The van der Waals surface area contributed by atoms with E-state index in [0.717, 1.165) is 22.1 Å². The minimum Gasteiger partial charge on any atom is -0.476 e. The Kier molecular flexibility index (Phi) is 4.46. The van der Waals surface area contributed by atoms with E-state index in [1.54, 1.807) is 12.3 Å². The number of hydrogen-bond donors (Lipinski definition) is 4. The third kappa shape index (κ3) is 3.52. The van der Waals surface area contributed by atoms with Crippen LogP contribution in [0.3, 0.4) is 0 Å². The Hall–Kier alpha value is -4.52. The summed E-state index contributed by atoms with van der Waals surface area (Å²) in [6.45, 7) is 0.340. The number of hydrogen-bond acceptors (Lipinski definition) is 8. The molecule has 29 heavy (non-hydrogen) atoms. The number of aromatic nitrogens is 5. The summed E-state index contributed by atoms with van der Waals surface area (Å²) in [5, 5.41) is 28.5. The van der Waals surface area contributed by atoms with E-state index in [1.807, 2.05) is 30.3 Å². The van der Waals surface area contributed by atoms with Gasteiger partial charge < -0.3 is 16.2 Å². The molecule has 0 bridgehead atoms. The predicted octanol–water partition coefficient (Wildman–Crippen LogP) is 2.18. The molecule has 0 aliphatic heterocycles. The summed E-state index contributed by atoms with van der Waals surface area (Å²) in [6.07, 6.45) is 2.95. The number of nitrogens with one attached hydrogen (secondary N) is 2. The number of benzene rings is 1. The second kappa shape index (κ2) is 7.24. The van der Waals surface area contributed by atoms with E-state index in [2.05, 4.69) is 30.5 Å². The number of pyridine rings is 1. The number of carboxylic acids is 1. The standard InChI is InChI=1S/C19H14N8O2/c20-6-13-9-24-18(15(25-13)19(28)29)22-7-10-1-3-11(4-2-10)12-5-14-16(21)26-27-17(14)23-8-12/h1-5,8-9H,7H2,(H,22,24)(H,28,29)(H3,21,23,26,27). The highest BCUT2D eigenvalue weighted by atomic mass is 16.4. The van der Waals surface area contributed by atoms with Crippen molar-refractivity contribution in [3.8, 4) is 17.2 Å². The highest BCUT2D eigenvalue weighted by Gasteiger charge is 2.14. The van der Waals surface area contributed by atoms with Crippen molar-refractivity contribution in [1.82, 2.24) is 25.1 Å². The van der Waals surface area contributed by atoms with Crippen LogP contribution in [-0.4, -0.2) is 36.2 Å². The summed E-state index contributed by atoms with van der Waals surface area (Å²) in [5.74, 6) is -0.688. The van der Waals surface area contributed by atoms with Crippen molar-refractivity contribution in [3.63, 3.8) is 0 Å². The Labute approximate surface area is 164 Å². The van der Waals surface area contributed by atoms with E-state index >= 15 is 0 Å². The molecule has 0 aliphatic carbocycles. The molecule has 0 spiro atoms. The summed E-state index contributed by atoms with van der Waals surface area (Å²) >= 11 is 0. The number of nitrogens with two attached hydrogens (primary N) is 1. The Bertz CT molecular complexity index is 1260. The van der Waals surface area contributed by atoms with Crippen molar-refractivity contribution in [2.45, 2.75) is 6.54 Å². The van der Waals surface area contributed by atoms with Gasteiger partial charge in [-0.2, -0.15) is 10.4 Å². The minimum atomic E-state index is -1.26. The number of carbonyl (C=O) groups is 1. The van der Waals surface area contributed by atoms with Crippen LogP contribution in [-0.2, 0) is 6.54 Å². The van der Waals surface area contributed by atoms with Gasteiger partial charge in [-0.3, -0.25) is 5.10 Å². The summed E-state index contributed by atoms with van der Waals surface area (Å²) in [7, 11) is 0. The van der Waals surface area contributed by atoms with Gasteiger partial charge in [0, 0.05) is 18.3 Å². The van der Waals surface area contributed by atoms with Crippen LogP contribution in [0.4, 0.5) is 11.6 Å². The number of rotatable bonds is 5. The van der Waals surface area contributed by atoms with Gasteiger partial charge in [-0.15, -0.1) is 0 Å². The number of H-pyrrole nitrogens is 1. The molecule has 0 amide bonds. The number of nitriles is 1. The summed E-state index contributed by atoms with van der Waals surface area (Å²) in [6, 6.07) is 11.4. The largest absolute Gasteiger partial charge is 0.476 e. The third-order valence-electron chi connectivity index (χ3n) is 4.28. The molecule has 10 heteroatoms. The van der Waals surface area contributed by atoms with Gasteiger partial charge >= 0.3 is 5.97 Å². The van der Waals surface area contributed by atoms with Gasteiger partial charge in [-0.1, -0.05) is 24.3 Å². The number of carboxylic acid groups (broad SMARTS) is 1. The number of fused-ring (bicyclic) bond motifs is 1. The van der Waals surface area contributed by atoms with Gasteiger partial charge in [0.25, 0.3) is 0 Å². The lowest BCUT2D eigenvalue weighted by molar-refractivity contribution is 0.0691. The first-order valence-corrected chi connectivity index (χ1v) is 8.48. The van der Waals surface area contributed by atoms with E-state index in [0.29, 0.717) is 18.0 Å². The first kappa shape index (κ1) is 17.9.